The van der Waals surface area contributed by atoms with Gasteiger partial charge in [-0.15, -0.1) is 11.8 Å². The number of fused-ring (bicyclic) bond motifs is 1. The molecule has 0 aromatic heterocycles. The number of rotatable bonds is 3. The third-order valence-electron chi connectivity index (χ3n) is 6.09. The number of piperidine rings is 1. The maximum absolute atomic E-state index is 13.3. The number of aryl methyl sites for hydroxylation is 1. The maximum Gasteiger partial charge on any atom is 0.254 e. The van der Waals surface area contributed by atoms with E-state index in [2.05, 4.69) is 67.0 Å². The first-order valence-corrected chi connectivity index (χ1v) is 11.4. The van der Waals surface area contributed by atoms with E-state index in [0.29, 0.717) is 12.1 Å². The largest absolute Gasteiger partial charge is 0.365 e. The van der Waals surface area contributed by atoms with Crippen molar-refractivity contribution in [3.8, 4) is 0 Å². The lowest BCUT2D eigenvalue weighted by Crippen LogP contribution is -2.47. The highest BCUT2D eigenvalue weighted by atomic mass is 32.2. The van der Waals surface area contributed by atoms with Gasteiger partial charge in [-0.3, -0.25) is 4.79 Å². The van der Waals surface area contributed by atoms with Crippen molar-refractivity contribution in [3.05, 3.63) is 59.2 Å². The van der Waals surface area contributed by atoms with Crippen molar-refractivity contribution < 1.29 is 4.79 Å². The second-order valence-electron chi connectivity index (χ2n) is 8.28. The number of nitrogens with zero attached hydrogens (tertiary/aromatic N) is 2. The summed E-state index contributed by atoms with van der Waals surface area (Å²) >= 11 is 1.90. The van der Waals surface area contributed by atoms with Crippen LogP contribution in [0.5, 0.6) is 0 Å². The van der Waals surface area contributed by atoms with Gasteiger partial charge >= 0.3 is 0 Å². The maximum atomic E-state index is 13.3. The average molecular weight is 395 g/mol. The molecule has 2 aliphatic rings. The van der Waals surface area contributed by atoms with Crippen LogP contribution in [0.1, 0.15) is 54.6 Å². The van der Waals surface area contributed by atoms with Crippen LogP contribution in [-0.4, -0.2) is 35.2 Å². The van der Waals surface area contributed by atoms with Gasteiger partial charge in [-0.05, 0) is 63.8 Å². The Kier molecular flexibility index (Phi) is 5.68. The minimum absolute atomic E-state index is 0.188. The van der Waals surface area contributed by atoms with Gasteiger partial charge in [-0.2, -0.15) is 0 Å². The van der Waals surface area contributed by atoms with Crippen molar-refractivity contribution in [1.29, 1.82) is 0 Å². The van der Waals surface area contributed by atoms with Gasteiger partial charge in [0, 0.05) is 41.4 Å². The number of carbonyl (C=O) groups is 1. The summed E-state index contributed by atoms with van der Waals surface area (Å²) in [6, 6.07) is 15.7. The zero-order chi connectivity index (χ0) is 19.7. The second-order valence-corrected chi connectivity index (χ2v) is 9.42. The number of amides is 1. The molecule has 148 valence electrons. The van der Waals surface area contributed by atoms with E-state index in [1.165, 1.54) is 28.1 Å². The van der Waals surface area contributed by atoms with E-state index in [9.17, 15) is 4.79 Å². The van der Waals surface area contributed by atoms with Crippen LogP contribution >= 0.6 is 11.8 Å². The first kappa shape index (κ1) is 19.4. The molecule has 0 bridgehead atoms. The molecule has 0 saturated carbocycles. The van der Waals surface area contributed by atoms with Crippen LogP contribution in [0.15, 0.2) is 47.4 Å². The zero-order valence-electron chi connectivity index (χ0n) is 17.1. The summed E-state index contributed by atoms with van der Waals surface area (Å²) in [5, 5.41) is 0. The number of anilines is 1. The fraction of sp³-hybridized carbons (Fsp3) is 0.458. The van der Waals surface area contributed by atoms with Gasteiger partial charge in [0.1, 0.15) is 0 Å². The van der Waals surface area contributed by atoms with Crippen LogP contribution in [0.3, 0.4) is 0 Å². The van der Waals surface area contributed by atoms with Crippen molar-refractivity contribution >= 4 is 23.4 Å². The molecule has 1 fully saturated rings. The minimum Gasteiger partial charge on any atom is -0.365 e. The summed E-state index contributed by atoms with van der Waals surface area (Å²) in [7, 11) is 0. The van der Waals surface area contributed by atoms with Crippen LogP contribution < -0.4 is 4.90 Å². The van der Waals surface area contributed by atoms with Crippen LogP contribution in [0.25, 0.3) is 0 Å². The molecule has 0 aliphatic carbocycles. The summed E-state index contributed by atoms with van der Waals surface area (Å²) in [5.74, 6) is 1.28. The molecule has 1 saturated heterocycles. The number of thioether (sulfide) groups is 1. The molecule has 2 atom stereocenters. The standard InChI is InChI=1S/C24H30N2OS/c1-17-7-9-20(10-8-17)16-25-13-14-28-23-12-11-21(15-22(23)25)24(27)26-18(2)5-4-6-19(26)3/h7-12,15,18-19H,4-6,13-14,16H2,1-3H3/t18-,19-/m1/s1. The molecule has 3 nitrogen and oxygen atoms in total. The Morgan fingerprint density at radius 3 is 2.50 bits per heavy atom. The topological polar surface area (TPSA) is 23.6 Å². The molecular formula is C24H30N2OS. The van der Waals surface area contributed by atoms with Crippen molar-refractivity contribution in [2.45, 2.75) is 63.6 Å². The number of hydrogen-bond donors (Lipinski definition) is 0. The molecule has 4 rings (SSSR count). The Labute approximate surface area is 173 Å². The fourth-order valence-corrected chi connectivity index (χ4v) is 5.49. The van der Waals surface area contributed by atoms with Crippen molar-refractivity contribution in [2.75, 3.05) is 17.2 Å². The van der Waals surface area contributed by atoms with Crippen molar-refractivity contribution in [1.82, 2.24) is 4.90 Å². The predicted octanol–water partition coefficient (Wildman–Crippen LogP) is 5.51. The minimum atomic E-state index is 0.188. The molecule has 28 heavy (non-hydrogen) atoms. The summed E-state index contributed by atoms with van der Waals surface area (Å²) in [6.07, 6.45) is 3.43. The van der Waals surface area contributed by atoms with Gasteiger partial charge in [0.05, 0.1) is 5.69 Å². The van der Waals surface area contributed by atoms with Gasteiger partial charge in [-0.25, -0.2) is 0 Å². The third-order valence-corrected chi connectivity index (χ3v) is 7.13. The summed E-state index contributed by atoms with van der Waals surface area (Å²) in [5.41, 5.74) is 4.64. The first-order valence-electron chi connectivity index (χ1n) is 10.4. The van der Waals surface area contributed by atoms with Crippen LogP contribution in [0.4, 0.5) is 5.69 Å². The Bertz CT molecular complexity index is 838. The Morgan fingerprint density at radius 1 is 1.07 bits per heavy atom. The molecule has 4 heteroatoms. The van der Waals surface area contributed by atoms with E-state index < -0.39 is 0 Å². The van der Waals surface area contributed by atoms with E-state index in [4.69, 9.17) is 0 Å². The molecule has 0 spiro atoms. The van der Waals surface area contributed by atoms with Gasteiger partial charge < -0.3 is 9.80 Å². The molecule has 2 aliphatic heterocycles. The van der Waals surface area contributed by atoms with E-state index in [1.807, 2.05) is 17.8 Å². The van der Waals surface area contributed by atoms with E-state index in [1.54, 1.807) is 0 Å². The lowest BCUT2D eigenvalue weighted by Gasteiger charge is -2.39. The van der Waals surface area contributed by atoms with Crippen molar-refractivity contribution in [2.24, 2.45) is 0 Å². The van der Waals surface area contributed by atoms with E-state index >= 15 is 0 Å². The Balaban J connectivity index is 1.60. The summed E-state index contributed by atoms with van der Waals surface area (Å²) in [4.78, 5) is 19.1. The highest BCUT2D eigenvalue weighted by Gasteiger charge is 2.30. The third kappa shape index (κ3) is 3.93. The van der Waals surface area contributed by atoms with Crippen LogP contribution in [-0.2, 0) is 6.54 Å². The fourth-order valence-electron chi connectivity index (χ4n) is 4.45. The molecule has 0 radical (unpaired) electrons. The van der Waals surface area contributed by atoms with E-state index in [0.717, 1.165) is 37.2 Å². The van der Waals surface area contributed by atoms with Gasteiger partial charge in [-0.1, -0.05) is 29.8 Å². The SMILES string of the molecule is Cc1ccc(CN2CCSc3ccc(C(=O)N4[C@H](C)CCC[C@H]4C)cc32)cc1. The monoisotopic (exact) mass is 394 g/mol. The smallest absolute Gasteiger partial charge is 0.254 e. The first-order chi connectivity index (χ1) is 13.5. The molecule has 1 amide bonds. The summed E-state index contributed by atoms with van der Waals surface area (Å²) in [6.45, 7) is 8.40. The predicted molar refractivity (Wildman–Crippen MR) is 118 cm³/mol. The zero-order valence-corrected chi connectivity index (χ0v) is 18.0. The molecule has 2 aromatic carbocycles. The van der Waals surface area contributed by atoms with Crippen molar-refractivity contribution in [3.63, 3.8) is 0 Å². The number of benzene rings is 2. The van der Waals surface area contributed by atoms with Crippen LogP contribution in [0.2, 0.25) is 0 Å². The van der Waals surface area contributed by atoms with Gasteiger partial charge in [0.25, 0.3) is 5.91 Å². The molecule has 2 heterocycles. The number of likely N-dealkylation sites (tertiary alicyclic amines) is 1. The highest BCUT2D eigenvalue weighted by Crippen LogP contribution is 2.37. The van der Waals surface area contributed by atoms with Crippen LogP contribution in [0, 0.1) is 6.92 Å². The average Bonchev–Trinajstić information content (AvgIpc) is 2.69. The lowest BCUT2D eigenvalue weighted by molar-refractivity contribution is 0.0510. The normalized spacial score (nSPS) is 22.1. The van der Waals surface area contributed by atoms with E-state index in [-0.39, 0.29) is 5.91 Å². The molecular weight excluding hydrogens is 364 g/mol. The second kappa shape index (κ2) is 8.20. The van der Waals surface area contributed by atoms with Gasteiger partial charge in [0.15, 0.2) is 0 Å². The quantitative estimate of drug-likeness (QED) is 0.686. The summed E-state index contributed by atoms with van der Waals surface area (Å²) < 4.78 is 0. The van der Waals surface area contributed by atoms with Gasteiger partial charge in [0.2, 0.25) is 0 Å². The lowest BCUT2D eigenvalue weighted by atomic mass is 9.96. The number of hydrogen-bond acceptors (Lipinski definition) is 3. The highest BCUT2D eigenvalue weighted by molar-refractivity contribution is 7.99. The molecule has 0 unspecified atom stereocenters. The molecule has 2 aromatic rings. The Morgan fingerprint density at radius 2 is 1.79 bits per heavy atom. The molecule has 0 N–H and O–H groups in total. The number of carbonyl (C=O) groups excluding carboxylic acids is 1. The Hall–Kier alpha value is -1.94.